The van der Waals surface area contributed by atoms with E-state index in [1.54, 1.807) is 0 Å². The maximum Gasteiger partial charge on any atom is 0.291 e. The molecule has 1 fully saturated rings. The molecule has 116 valence electrons. The van der Waals surface area contributed by atoms with Gasteiger partial charge in [0.15, 0.2) is 4.90 Å². The second kappa shape index (κ2) is 5.96. The Hall–Kier alpha value is -1.71. The summed E-state index contributed by atoms with van der Waals surface area (Å²) in [4.78, 5) is 12.1. The van der Waals surface area contributed by atoms with Crippen LogP contribution in [-0.4, -0.2) is 55.8 Å². The molecule has 1 heterocycles. The van der Waals surface area contributed by atoms with E-state index in [0.717, 1.165) is 12.6 Å². The molecule has 1 aromatic carbocycles. The van der Waals surface area contributed by atoms with E-state index >= 15 is 0 Å². The molecule has 8 nitrogen and oxygen atoms in total. The lowest BCUT2D eigenvalue weighted by molar-refractivity contribution is -0.387. The highest BCUT2D eigenvalue weighted by Crippen LogP contribution is 2.29. The number of hydrogen-bond donors (Lipinski definition) is 1. The van der Waals surface area contributed by atoms with Gasteiger partial charge in [0.25, 0.3) is 5.69 Å². The molecule has 0 atom stereocenters. The fraction of sp³-hybridized carbons (Fsp3) is 0.500. The second-order valence-electron chi connectivity index (χ2n) is 5.05. The average molecular weight is 314 g/mol. The van der Waals surface area contributed by atoms with Crippen molar-refractivity contribution >= 4 is 21.4 Å². The highest BCUT2D eigenvalue weighted by molar-refractivity contribution is 7.89. The van der Waals surface area contributed by atoms with E-state index < -0.39 is 20.6 Å². The fourth-order valence-corrected chi connectivity index (χ4v) is 3.90. The summed E-state index contributed by atoms with van der Waals surface area (Å²) in [5.74, 6) is 0. The Morgan fingerprint density at radius 3 is 2.62 bits per heavy atom. The Kier molecular flexibility index (Phi) is 4.45. The van der Waals surface area contributed by atoms with E-state index in [1.807, 2.05) is 11.9 Å². The summed E-state index contributed by atoms with van der Waals surface area (Å²) in [6.45, 7) is 2.08. The number of sulfonamides is 1. The first-order chi connectivity index (χ1) is 9.82. The number of nitro benzene ring substituents is 1. The zero-order valence-electron chi connectivity index (χ0n) is 11.7. The molecule has 9 heteroatoms. The van der Waals surface area contributed by atoms with Gasteiger partial charge in [-0.15, -0.1) is 0 Å². The maximum atomic E-state index is 12.6. The topological polar surface area (TPSA) is 110 Å². The summed E-state index contributed by atoms with van der Waals surface area (Å²) in [7, 11) is -1.97. The summed E-state index contributed by atoms with van der Waals surface area (Å²) >= 11 is 0. The largest absolute Gasteiger partial charge is 0.399 e. The lowest BCUT2D eigenvalue weighted by Crippen LogP contribution is -2.34. The lowest BCUT2D eigenvalue weighted by Gasteiger charge is -2.20. The molecule has 1 saturated heterocycles. The molecule has 21 heavy (non-hydrogen) atoms. The zero-order valence-corrected chi connectivity index (χ0v) is 12.5. The zero-order chi connectivity index (χ0) is 15.6. The van der Waals surface area contributed by atoms with E-state index in [-0.39, 0.29) is 10.6 Å². The minimum Gasteiger partial charge on any atom is -0.399 e. The standard InChI is InChI=1S/C12H18N4O4S/c1-14-5-2-6-15(8-7-14)21(19,20)12-4-3-10(13)9-11(12)16(17)18/h3-4,9H,2,5-8,13H2,1H3. The van der Waals surface area contributed by atoms with Crippen LogP contribution in [0.2, 0.25) is 0 Å². The van der Waals surface area contributed by atoms with Crippen LogP contribution in [0.4, 0.5) is 11.4 Å². The van der Waals surface area contributed by atoms with E-state index in [0.29, 0.717) is 26.1 Å². The summed E-state index contributed by atoms with van der Waals surface area (Å²) in [6, 6.07) is 3.65. The number of hydrogen-bond acceptors (Lipinski definition) is 6. The molecule has 0 bridgehead atoms. The first-order valence-corrected chi connectivity index (χ1v) is 7.99. The molecule has 0 radical (unpaired) electrons. The van der Waals surface area contributed by atoms with E-state index in [9.17, 15) is 18.5 Å². The number of nitrogens with zero attached hydrogens (tertiary/aromatic N) is 3. The summed E-state index contributed by atoms with van der Waals surface area (Å²) < 4.78 is 26.6. The van der Waals surface area contributed by atoms with Crippen molar-refractivity contribution in [3.05, 3.63) is 28.3 Å². The Morgan fingerprint density at radius 2 is 1.95 bits per heavy atom. The van der Waals surface area contributed by atoms with E-state index in [4.69, 9.17) is 5.73 Å². The SMILES string of the molecule is CN1CCCN(S(=O)(=O)c2ccc(N)cc2[N+](=O)[O-])CC1. The van der Waals surface area contributed by atoms with E-state index in [2.05, 4.69) is 0 Å². The predicted molar refractivity (Wildman–Crippen MR) is 78.4 cm³/mol. The average Bonchev–Trinajstić information content (AvgIpc) is 2.63. The van der Waals surface area contributed by atoms with Crippen LogP contribution in [-0.2, 0) is 10.0 Å². The molecule has 0 amide bonds. The minimum atomic E-state index is -3.89. The third-order valence-corrected chi connectivity index (χ3v) is 5.42. The van der Waals surface area contributed by atoms with Crippen molar-refractivity contribution < 1.29 is 13.3 Å². The number of rotatable bonds is 3. The van der Waals surface area contributed by atoms with Crippen LogP contribution in [0.5, 0.6) is 0 Å². The number of nitrogen functional groups attached to an aromatic ring is 1. The van der Waals surface area contributed by atoms with Gasteiger partial charge in [0.1, 0.15) is 0 Å². The molecule has 1 aliphatic heterocycles. The van der Waals surface area contributed by atoms with Gasteiger partial charge in [-0.2, -0.15) is 4.31 Å². The van der Waals surface area contributed by atoms with Crippen LogP contribution in [0.15, 0.2) is 23.1 Å². The highest BCUT2D eigenvalue weighted by atomic mass is 32.2. The van der Waals surface area contributed by atoms with Gasteiger partial charge in [0.2, 0.25) is 10.0 Å². The molecule has 0 saturated carbocycles. The van der Waals surface area contributed by atoms with Crippen molar-refractivity contribution in [2.75, 3.05) is 39.0 Å². The van der Waals surface area contributed by atoms with Crippen LogP contribution >= 0.6 is 0 Å². The normalized spacial score (nSPS) is 18.3. The smallest absolute Gasteiger partial charge is 0.291 e. The molecule has 1 aliphatic rings. The maximum absolute atomic E-state index is 12.6. The summed E-state index contributed by atoms with van der Waals surface area (Å²) in [5, 5.41) is 11.1. The minimum absolute atomic E-state index is 0.163. The molecule has 0 spiro atoms. The fourth-order valence-electron chi connectivity index (χ4n) is 2.30. The van der Waals surface area contributed by atoms with Gasteiger partial charge in [-0.25, -0.2) is 8.42 Å². The predicted octanol–water partition coefficient (Wildman–Crippen LogP) is 0.503. The van der Waals surface area contributed by atoms with Crippen LogP contribution in [0.3, 0.4) is 0 Å². The quantitative estimate of drug-likeness (QED) is 0.494. The Morgan fingerprint density at radius 1 is 1.24 bits per heavy atom. The number of nitrogens with two attached hydrogens (primary N) is 1. The van der Waals surface area contributed by atoms with Gasteiger partial charge in [-0.05, 0) is 32.1 Å². The number of nitro groups is 1. The first kappa shape index (κ1) is 15.7. The van der Waals surface area contributed by atoms with Crippen LogP contribution in [0, 0.1) is 10.1 Å². The number of anilines is 1. The van der Waals surface area contributed by atoms with Crippen molar-refractivity contribution in [1.82, 2.24) is 9.21 Å². The molecule has 0 aliphatic carbocycles. The van der Waals surface area contributed by atoms with Gasteiger partial charge in [-0.1, -0.05) is 0 Å². The number of likely N-dealkylation sites (N-methyl/N-ethyl adjacent to an activating group) is 1. The lowest BCUT2D eigenvalue weighted by atomic mass is 10.3. The third kappa shape index (κ3) is 3.31. The molecule has 1 aromatic rings. The molecule has 2 N–H and O–H groups in total. The Bertz CT molecular complexity index is 647. The van der Waals surface area contributed by atoms with Crippen molar-refractivity contribution in [3.8, 4) is 0 Å². The monoisotopic (exact) mass is 314 g/mol. The van der Waals surface area contributed by atoms with Crippen molar-refractivity contribution in [2.24, 2.45) is 0 Å². The molecular formula is C12H18N4O4S. The van der Waals surface area contributed by atoms with Crippen molar-refractivity contribution in [1.29, 1.82) is 0 Å². The third-order valence-electron chi connectivity index (χ3n) is 3.48. The van der Waals surface area contributed by atoms with Gasteiger partial charge >= 0.3 is 0 Å². The van der Waals surface area contributed by atoms with Crippen LogP contribution in [0.1, 0.15) is 6.42 Å². The molecule has 0 unspecified atom stereocenters. The van der Waals surface area contributed by atoms with Gasteiger partial charge in [0.05, 0.1) is 4.92 Å². The molecular weight excluding hydrogens is 296 g/mol. The summed E-state index contributed by atoms with van der Waals surface area (Å²) in [6.07, 6.45) is 0.693. The number of benzene rings is 1. The van der Waals surface area contributed by atoms with Gasteiger partial charge in [-0.3, -0.25) is 10.1 Å². The van der Waals surface area contributed by atoms with Crippen LogP contribution in [0.25, 0.3) is 0 Å². The van der Waals surface area contributed by atoms with Crippen molar-refractivity contribution in [3.63, 3.8) is 0 Å². The Labute approximate surface area is 123 Å². The highest BCUT2D eigenvalue weighted by Gasteiger charge is 2.32. The first-order valence-electron chi connectivity index (χ1n) is 6.55. The summed E-state index contributed by atoms with van der Waals surface area (Å²) in [5.41, 5.74) is 5.19. The molecule has 2 rings (SSSR count). The molecule has 0 aromatic heterocycles. The Balaban J connectivity index is 2.42. The van der Waals surface area contributed by atoms with E-state index in [1.165, 1.54) is 16.4 Å². The van der Waals surface area contributed by atoms with Crippen LogP contribution < -0.4 is 5.73 Å². The second-order valence-corrected chi connectivity index (χ2v) is 6.95. The van der Waals surface area contributed by atoms with Gasteiger partial charge < -0.3 is 10.6 Å². The van der Waals surface area contributed by atoms with Crippen molar-refractivity contribution in [2.45, 2.75) is 11.3 Å². The van der Waals surface area contributed by atoms with Gasteiger partial charge in [0, 0.05) is 31.4 Å².